The normalized spacial score (nSPS) is 15.2. The first-order valence-corrected chi connectivity index (χ1v) is 11.7. The summed E-state index contributed by atoms with van der Waals surface area (Å²) in [7, 11) is -4.20. The fourth-order valence-corrected chi connectivity index (χ4v) is 4.41. The van der Waals surface area contributed by atoms with Gasteiger partial charge in [-0.1, -0.05) is 0 Å². The number of halogens is 4. The molecule has 184 valence electrons. The molecule has 2 aromatic carbocycles. The van der Waals surface area contributed by atoms with Gasteiger partial charge in [-0.05, 0) is 42.3 Å². The summed E-state index contributed by atoms with van der Waals surface area (Å²) >= 11 is 0. The Bertz CT molecular complexity index is 1170. The van der Waals surface area contributed by atoms with Crippen LogP contribution in [-0.2, 0) is 21.2 Å². The third kappa shape index (κ3) is 6.23. The summed E-state index contributed by atoms with van der Waals surface area (Å²) in [5.74, 6) is -4.50. The van der Waals surface area contributed by atoms with E-state index >= 15 is 0 Å². The quantitative estimate of drug-likeness (QED) is 0.462. The van der Waals surface area contributed by atoms with Crippen LogP contribution in [0.5, 0.6) is 0 Å². The number of nitrogens with zero attached hydrogens (tertiary/aromatic N) is 2. The van der Waals surface area contributed by atoms with E-state index in [1.54, 1.807) is 0 Å². The Balaban J connectivity index is 1.50. The highest BCUT2D eigenvalue weighted by atomic mass is 32.2. The van der Waals surface area contributed by atoms with Gasteiger partial charge in [0.25, 0.3) is 10.0 Å². The van der Waals surface area contributed by atoms with Crippen LogP contribution in [-0.4, -0.2) is 62.4 Å². The molecule has 3 amide bonds. The van der Waals surface area contributed by atoms with Crippen molar-refractivity contribution in [3.05, 3.63) is 65.2 Å². The number of hydrogen-bond donors (Lipinski definition) is 2. The van der Waals surface area contributed by atoms with Crippen LogP contribution < -0.4 is 10.5 Å². The van der Waals surface area contributed by atoms with Crippen LogP contribution in [0.4, 0.5) is 22.4 Å². The second-order valence-corrected chi connectivity index (χ2v) is 9.44. The van der Waals surface area contributed by atoms with Crippen molar-refractivity contribution in [1.29, 1.82) is 0 Å². The van der Waals surface area contributed by atoms with Crippen molar-refractivity contribution in [2.75, 3.05) is 26.2 Å². The molecular formula is C21H22F4N4O4S. The lowest BCUT2D eigenvalue weighted by molar-refractivity contribution is -0.132. The first-order valence-electron chi connectivity index (χ1n) is 10.2. The number of amides is 3. The number of hydrogen-bond acceptors (Lipinski definition) is 5. The molecule has 13 heteroatoms. The van der Waals surface area contributed by atoms with E-state index in [4.69, 9.17) is 5.73 Å². The molecule has 0 aromatic heterocycles. The smallest absolute Gasteiger partial charge is 0.331 e. The van der Waals surface area contributed by atoms with Crippen molar-refractivity contribution >= 4 is 22.0 Å². The number of carbonyl (C=O) groups is 2. The number of carbonyl (C=O) groups excluding carboxylic acids is 2. The highest BCUT2D eigenvalue weighted by Gasteiger charge is 2.28. The van der Waals surface area contributed by atoms with Crippen molar-refractivity contribution in [3.8, 4) is 0 Å². The molecule has 2 aromatic rings. The second kappa shape index (κ2) is 10.4. The first-order chi connectivity index (χ1) is 16.0. The minimum absolute atomic E-state index is 0.0452. The molecule has 1 aliphatic rings. The monoisotopic (exact) mass is 502 g/mol. The Labute approximate surface area is 193 Å². The summed E-state index contributed by atoms with van der Waals surface area (Å²) < 4.78 is 79.6. The lowest BCUT2D eigenvalue weighted by Gasteiger charge is -2.35. The van der Waals surface area contributed by atoms with Crippen LogP contribution in [0.3, 0.4) is 0 Å². The molecule has 34 heavy (non-hydrogen) atoms. The SMILES string of the molecule is N[C@@H](CC(=O)N1CCN(C(=O)NS(=O)(=O)c2ccc(F)cc2)CC1)Cc1cc(F)c(F)cc1F. The van der Waals surface area contributed by atoms with Gasteiger partial charge < -0.3 is 15.5 Å². The summed E-state index contributed by atoms with van der Waals surface area (Å²) in [5.41, 5.74) is 5.73. The summed E-state index contributed by atoms with van der Waals surface area (Å²) in [6.07, 6.45) is -0.373. The maximum Gasteiger partial charge on any atom is 0.331 e. The summed E-state index contributed by atoms with van der Waals surface area (Å²) in [6.45, 7) is 0.303. The lowest BCUT2D eigenvalue weighted by Crippen LogP contribution is -2.54. The molecule has 3 N–H and O–H groups in total. The largest absolute Gasteiger partial charge is 0.339 e. The molecule has 0 unspecified atom stereocenters. The summed E-state index contributed by atoms with van der Waals surface area (Å²) in [5, 5.41) is 0. The van der Waals surface area contributed by atoms with Crippen LogP contribution in [0.1, 0.15) is 12.0 Å². The van der Waals surface area contributed by atoms with Gasteiger partial charge in [-0.2, -0.15) is 0 Å². The van der Waals surface area contributed by atoms with E-state index in [0.29, 0.717) is 12.1 Å². The average Bonchev–Trinajstić information content (AvgIpc) is 2.77. The molecule has 0 aliphatic carbocycles. The number of nitrogens with one attached hydrogen (secondary N) is 1. The van der Waals surface area contributed by atoms with Crippen LogP contribution in [0.25, 0.3) is 0 Å². The minimum atomic E-state index is -4.20. The van der Waals surface area contributed by atoms with Crippen molar-refractivity contribution in [1.82, 2.24) is 14.5 Å². The molecule has 0 spiro atoms. The zero-order chi connectivity index (χ0) is 25.0. The van der Waals surface area contributed by atoms with Gasteiger partial charge in [0.1, 0.15) is 11.6 Å². The number of sulfonamides is 1. The van der Waals surface area contributed by atoms with Gasteiger partial charge in [-0.15, -0.1) is 0 Å². The third-order valence-corrected chi connectivity index (χ3v) is 6.61. The first kappa shape index (κ1) is 25.4. The zero-order valence-corrected chi connectivity index (χ0v) is 18.6. The molecule has 0 saturated carbocycles. The number of rotatable bonds is 6. The van der Waals surface area contributed by atoms with Gasteiger partial charge in [-0.3, -0.25) is 4.79 Å². The zero-order valence-electron chi connectivity index (χ0n) is 17.8. The van der Waals surface area contributed by atoms with E-state index in [0.717, 1.165) is 24.3 Å². The Morgan fingerprint density at radius 2 is 1.47 bits per heavy atom. The molecule has 1 aliphatic heterocycles. The maximum absolute atomic E-state index is 13.8. The third-order valence-electron chi connectivity index (χ3n) is 5.27. The van der Waals surface area contributed by atoms with Crippen LogP contribution in [0.15, 0.2) is 41.3 Å². The molecule has 0 radical (unpaired) electrons. The maximum atomic E-state index is 13.8. The molecule has 1 heterocycles. The topological polar surface area (TPSA) is 113 Å². The fourth-order valence-electron chi connectivity index (χ4n) is 3.44. The lowest BCUT2D eigenvalue weighted by atomic mass is 10.0. The van der Waals surface area contributed by atoms with Gasteiger partial charge in [0.05, 0.1) is 4.90 Å². The van der Waals surface area contributed by atoms with E-state index < -0.39 is 45.4 Å². The van der Waals surface area contributed by atoms with Gasteiger partial charge in [0, 0.05) is 44.7 Å². The molecule has 0 bridgehead atoms. The van der Waals surface area contributed by atoms with E-state index in [1.165, 1.54) is 9.80 Å². The second-order valence-electron chi connectivity index (χ2n) is 7.76. The Morgan fingerprint density at radius 1 is 0.912 bits per heavy atom. The average molecular weight is 502 g/mol. The van der Waals surface area contributed by atoms with Gasteiger partial charge in [0.2, 0.25) is 5.91 Å². The highest BCUT2D eigenvalue weighted by Crippen LogP contribution is 2.17. The Hall–Kier alpha value is -3.19. The number of piperazine rings is 1. The predicted octanol–water partition coefficient (Wildman–Crippen LogP) is 1.75. The Morgan fingerprint density at radius 3 is 2.09 bits per heavy atom. The van der Waals surface area contributed by atoms with E-state index in [1.807, 2.05) is 4.72 Å². The highest BCUT2D eigenvalue weighted by molar-refractivity contribution is 7.90. The molecule has 8 nitrogen and oxygen atoms in total. The van der Waals surface area contributed by atoms with Crippen molar-refractivity contribution in [2.45, 2.75) is 23.8 Å². The van der Waals surface area contributed by atoms with Gasteiger partial charge in [0.15, 0.2) is 11.6 Å². The number of benzene rings is 2. The summed E-state index contributed by atoms with van der Waals surface area (Å²) in [4.78, 5) is 27.2. The van der Waals surface area contributed by atoms with Gasteiger partial charge in [-0.25, -0.2) is 35.5 Å². The standard InChI is InChI=1S/C21H22F4N4O4S/c22-14-1-3-16(4-2-14)34(32,33)27-21(31)29-7-5-28(6-8-29)20(30)11-15(26)9-13-10-18(24)19(25)12-17(13)23/h1-4,10,12,15H,5-9,11,26H2,(H,27,31)/t15-/m1/s1. The number of urea groups is 1. The van der Waals surface area contributed by atoms with E-state index in [9.17, 15) is 35.6 Å². The van der Waals surface area contributed by atoms with Crippen molar-refractivity contribution in [3.63, 3.8) is 0 Å². The minimum Gasteiger partial charge on any atom is -0.339 e. The van der Waals surface area contributed by atoms with Crippen molar-refractivity contribution in [2.24, 2.45) is 5.73 Å². The fraction of sp³-hybridized carbons (Fsp3) is 0.333. The van der Waals surface area contributed by atoms with E-state index in [2.05, 4.69) is 0 Å². The van der Waals surface area contributed by atoms with Crippen LogP contribution in [0.2, 0.25) is 0 Å². The van der Waals surface area contributed by atoms with Crippen molar-refractivity contribution < 1.29 is 35.6 Å². The summed E-state index contributed by atoms with van der Waals surface area (Å²) in [6, 6.07) is 3.33. The van der Waals surface area contributed by atoms with Crippen LogP contribution >= 0.6 is 0 Å². The van der Waals surface area contributed by atoms with E-state index in [-0.39, 0.29) is 55.4 Å². The molecule has 1 atom stereocenters. The van der Waals surface area contributed by atoms with Crippen LogP contribution in [0, 0.1) is 23.3 Å². The Kier molecular flexibility index (Phi) is 7.77. The van der Waals surface area contributed by atoms with Gasteiger partial charge >= 0.3 is 6.03 Å². The molecule has 1 fully saturated rings. The molecule has 1 saturated heterocycles. The molecular weight excluding hydrogens is 480 g/mol. The predicted molar refractivity (Wildman–Crippen MR) is 113 cm³/mol. The molecule has 3 rings (SSSR count). The number of nitrogens with two attached hydrogens (primary N) is 1.